The molecule has 42 heavy (non-hydrogen) atoms. The molecule has 0 bridgehead atoms. The topological polar surface area (TPSA) is 86.5 Å². The molecule has 3 aromatic carbocycles. The summed E-state index contributed by atoms with van der Waals surface area (Å²) in [6.45, 7) is 1.75. The zero-order valence-corrected chi connectivity index (χ0v) is 22.6. The smallest absolute Gasteiger partial charge is 0.335 e. The number of rotatable bonds is 10. The Morgan fingerprint density at radius 2 is 1.74 bits per heavy atom. The number of carboxylic acid groups (broad SMARTS) is 1. The minimum absolute atomic E-state index is 0.0115. The predicted octanol–water partition coefficient (Wildman–Crippen LogP) is 6.48. The molecule has 0 saturated carbocycles. The van der Waals surface area contributed by atoms with Gasteiger partial charge in [0.2, 0.25) is 5.88 Å². The van der Waals surface area contributed by atoms with Crippen molar-refractivity contribution in [3.63, 3.8) is 0 Å². The minimum atomic E-state index is -1.10. The van der Waals surface area contributed by atoms with Gasteiger partial charge in [-0.05, 0) is 54.4 Å². The Morgan fingerprint density at radius 3 is 2.50 bits per heavy atom. The second kappa shape index (κ2) is 12.0. The number of benzene rings is 3. The lowest BCUT2D eigenvalue weighted by molar-refractivity contribution is 0.0697. The number of aromatic nitrogens is 3. The largest absolute Gasteiger partial charge is 0.478 e. The zero-order chi connectivity index (χ0) is 30.0. The van der Waals surface area contributed by atoms with Crippen molar-refractivity contribution in [3.8, 4) is 17.1 Å². The molecule has 0 spiro atoms. The van der Waals surface area contributed by atoms with E-state index in [9.17, 15) is 18.7 Å². The second-order valence-electron chi connectivity index (χ2n) is 9.60. The molecule has 0 aliphatic carbocycles. The van der Waals surface area contributed by atoms with Crippen LogP contribution >= 0.6 is 0 Å². The number of fused-ring (bicyclic) bond motifs is 1. The molecular weight excluding hydrogens is 554 g/mol. The average molecular weight is 580 g/mol. The number of hydrogen-bond acceptors (Lipinski definition) is 5. The molecule has 0 amide bonds. The minimum Gasteiger partial charge on any atom is -0.478 e. The van der Waals surface area contributed by atoms with Crippen molar-refractivity contribution in [2.75, 3.05) is 13.7 Å². The highest BCUT2D eigenvalue weighted by Gasteiger charge is 2.19. The van der Waals surface area contributed by atoms with Gasteiger partial charge in [0.05, 0.1) is 28.9 Å². The lowest BCUT2D eigenvalue weighted by Gasteiger charge is -2.12. The SMILES string of the molecule is COCCn1c(Cc2cc(F)c(-c3cccc(OCc4ccc(C)c(F)c4F)n3)cc2F)nc2ccc(C(=O)O)cc21. The third-order valence-corrected chi connectivity index (χ3v) is 6.81. The molecule has 11 heteroatoms. The maximum absolute atomic E-state index is 15.4. The molecule has 1 N–H and O–H groups in total. The fourth-order valence-electron chi connectivity index (χ4n) is 4.56. The molecule has 0 aliphatic rings. The highest BCUT2D eigenvalue weighted by Crippen LogP contribution is 2.28. The van der Waals surface area contributed by atoms with Crippen LogP contribution in [0, 0.1) is 30.2 Å². The summed E-state index contributed by atoms with van der Waals surface area (Å²) in [4.78, 5) is 20.2. The second-order valence-corrected chi connectivity index (χ2v) is 9.60. The summed E-state index contributed by atoms with van der Waals surface area (Å²) in [6, 6.07) is 13.9. The van der Waals surface area contributed by atoms with Gasteiger partial charge in [0.15, 0.2) is 11.6 Å². The average Bonchev–Trinajstić information content (AvgIpc) is 3.32. The van der Waals surface area contributed by atoms with Crippen molar-refractivity contribution in [1.82, 2.24) is 14.5 Å². The molecule has 2 heterocycles. The van der Waals surface area contributed by atoms with E-state index in [2.05, 4.69) is 9.97 Å². The maximum Gasteiger partial charge on any atom is 0.335 e. The summed E-state index contributed by atoms with van der Waals surface area (Å²) in [6.07, 6.45) is -0.0704. The summed E-state index contributed by atoms with van der Waals surface area (Å²) < 4.78 is 71.2. The van der Waals surface area contributed by atoms with Crippen molar-refractivity contribution in [2.24, 2.45) is 0 Å². The Kier molecular flexibility index (Phi) is 8.21. The maximum atomic E-state index is 15.4. The molecule has 0 fully saturated rings. The number of carboxylic acids is 1. The zero-order valence-electron chi connectivity index (χ0n) is 22.6. The number of methoxy groups -OCH3 is 1. The Balaban J connectivity index is 1.41. The van der Waals surface area contributed by atoms with Crippen LogP contribution in [0.25, 0.3) is 22.3 Å². The number of halogens is 4. The van der Waals surface area contributed by atoms with Gasteiger partial charge in [-0.3, -0.25) is 0 Å². The van der Waals surface area contributed by atoms with Crippen LogP contribution in [0.4, 0.5) is 17.6 Å². The van der Waals surface area contributed by atoms with Crippen LogP contribution in [0.1, 0.15) is 32.9 Å². The van der Waals surface area contributed by atoms with Gasteiger partial charge < -0.3 is 19.1 Å². The Labute approximate surface area is 238 Å². The third-order valence-electron chi connectivity index (χ3n) is 6.81. The number of nitrogens with zero attached hydrogens (tertiary/aromatic N) is 3. The standard InChI is InChI=1S/C31H25F4N3O4/c1-17-6-7-19(30(35)29(17)34)16-42-28-5-3-4-24(37-28)21-15-22(32)20(12-23(21)33)14-27-36-25-9-8-18(31(39)40)13-26(25)38(27)10-11-41-2/h3-9,12-13,15H,10-11,14,16H2,1-2H3,(H,39,40). The van der Waals surface area contributed by atoms with E-state index in [-0.39, 0.29) is 52.4 Å². The van der Waals surface area contributed by atoms with Crippen LogP contribution in [0.5, 0.6) is 5.88 Å². The molecule has 216 valence electrons. The van der Waals surface area contributed by atoms with E-state index in [0.717, 1.165) is 12.1 Å². The highest BCUT2D eigenvalue weighted by molar-refractivity contribution is 5.92. The van der Waals surface area contributed by atoms with E-state index in [1.54, 1.807) is 10.6 Å². The van der Waals surface area contributed by atoms with E-state index in [1.165, 1.54) is 56.5 Å². The number of ether oxygens (including phenoxy) is 2. The first-order valence-corrected chi connectivity index (χ1v) is 12.9. The number of imidazole rings is 1. The number of hydrogen-bond donors (Lipinski definition) is 1. The quantitative estimate of drug-likeness (QED) is 0.191. The molecule has 5 aromatic rings. The molecule has 0 saturated heterocycles. The summed E-state index contributed by atoms with van der Waals surface area (Å²) in [5, 5.41) is 9.38. The molecule has 0 aliphatic heterocycles. The van der Waals surface area contributed by atoms with Crippen LogP contribution < -0.4 is 4.74 Å². The van der Waals surface area contributed by atoms with E-state index in [1.807, 2.05) is 0 Å². The number of carbonyl (C=O) groups is 1. The van der Waals surface area contributed by atoms with Crippen LogP contribution in [0.2, 0.25) is 0 Å². The van der Waals surface area contributed by atoms with Gasteiger partial charge in [-0.1, -0.05) is 18.2 Å². The monoisotopic (exact) mass is 579 g/mol. The van der Waals surface area contributed by atoms with Crippen molar-refractivity contribution in [2.45, 2.75) is 26.5 Å². The summed E-state index contributed by atoms with van der Waals surface area (Å²) in [5.74, 6) is -4.10. The molecule has 2 aromatic heterocycles. The lowest BCUT2D eigenvalue weighted by Crippen LogP contribution is -2.10. The molecule has 0 unspecified atom stereocenters. The Bertz CT molecular complexity index is 1810. The van der Waals surface area contributed by atoms with Gasteiger partial charge in [0.25, 0.3) is 0 Å². The molecular formula is C31H25F4N3O4. The molecule has 7 nitrogen and oxygen atoms in total. The first-order valence-electron chi connectivity index (χ1n) is 12.9. The van der Waals surface area contributed by atoms with Gasteiger partial charge in [0, 0.05) is 37.3 Å². The van der Waals surface area contributed by atoms with Crippen molar-refractivity contribution >= 4 is 17.0 Å². The van der Waals surface area contributed by atoms with Crippen molar-refractivity contribution in [3.05, 3.63) is 112 Å². The van der Waals surface area contributed by atoms with Gasteiger partial charge in [-0.2, -0.15) is 0 Å². The highest BCUT2D eigenvalue weighted by atomic mass is 19.2. The number of aryl methyl sites for hydroxylation is 1. The van der Waals surface area contributed by atoms with Crippen LogP contribution in [-0.4, -0.2) is 39.3 Å². The first-order chi connectivity index (χ1) is 20.2. The molecule has 0 atom stereocenters. The lowest BCUT2D eigenvalue weighted by atomic mass is 10.0. The van der Waals surface area contributed by atoms with E-state index >= 15 is 8.78 Å². The fourth-order valence-corrected chi connectivity index (χ4v) is 4.56. The van der Waals surface area contributed by atoms with Gasteiger partial charge in [-0.15, -0.1) is 0 Å². The van der Waals surface area contributed by atoms with Crippen LogP contribution in [0.3, 0.4) is 0 Å². The summed E-state index contributed by atoms with van der Waals surface area (Å²) in [7, 11) is 1.52. The first kappa shape index (κ1) is 28.7. The van der Waals surface area contributed by atoms with Crippen molar-refractivity contribution < 1.29 is 36.9 Å². The molecule has 0 radical (unpaired) electrons. The van der Waals surface area contributed by atoms with Gasteiger partial charge in [-0.25, -0.2) is 32.3 Å². The Hall–Kier alpha value is -4.77. The van der Waals surface area contributed by atoms with E-state index < -0.39 is 29.2 Å². The van der Waals surface area contributed by atoms with Gasteiger partial charge >= 0.3 is 5.97 Å². The van der Waals surface area contributed by atoms with E-state index in [4.69, 9.17) is 9.47 Å². The fraction of sp³-hybridized carbons (Fsp3) is 0.194. The van der Waals surface area contributed by atoms with E-state index in [0.29, 0.717) is 30.0 Å². The molecule has 5 rings (SSSR count). The summed E-state index contributed by atoms with van der Waals surface area (Å²) in [5.41, 5.74) is 1.27. The predicted molar refractivity (Wildman–Crippen MR) is 146 cm³/mol. The number of pyridine rings is 1. The Morgan fingerprint density at radius 1 is 0.929 bits per heavy atom. The normalized spacial score (nSPS) is 11.3. The van der Waals surface area contributed by atoms with Gasteiger partial charge in [0.1, 0.15) is 24.1 Å². The number of aromatic carboxylic acids is 1. The third kappa shape index (κ3) is 5.82. The van der Waals surface area contributed by atoms with Crippen LogP contribution in [-0.2, 0) is 24.3 Å². The van der Waals surface area contributed by atoms with Crippen LogP contribution in [0.15, 0.2) is 60.7 Å². The summed E-state index contributed by atoms with van der Waals surface area (Å²) >= 11 is 0. The van der Waals surface area contributed by atoms with Crippen molar-refractivity contribution in [1.29, 1.82) is 0 Å².